The molecule has 0 bridgehead atoms. The Balaban J connectivity index is 1.40. The number of rotatable bonds is 6. The number of carbonyl (C=O) groups excluding carboxylic acids is 1. The fourth-order valence-electron chi connectivity index (χ4n) is 4.65. The maximum absolute atomic E-state index is 13.6. The van der Waals surface area contributed by atoms with Gasteiger partial charge in [0.05, 0.1) is 29.9 Å². The molecule has 1 aliphatic heterocycles. The number of hydrogen-bond acceptors (Lipinski definition) is 6. The lowest BCUT2D eigenvalue weighted by molar-refractivity contribution is 0.0330. The molecule has 0 spiro atoms. The Morgan fingerprint density at radius 3 is 2.58 bits per heavy atom. The second-order valence-electron chi connectivity index (χ2n) is 9.53. The number of aromatic nitrogens is 4. The highest BCUT2D eigenvalue weighted by Gasteiger charge is 2.39. The summed E-state index contributed by atoms with van der Waals surface area (Å²) in [5.41, 5.74) is 1.24. The van der Waals surface area contributed by atoms with E-state index in [1.165, 1.54) is 12.1 Å². The van der Waals surface area contributed by atoms with Gasteiger partial charge in [-0.15, -0.1) is 5.10 Å². The van der Waals surface area contributed by atoms with E-state index >= 15 is 0 Å². The molecule has 4 aromatic rings. The van der Waals surface area contributed by atoms with Gasteiger partial charge in [-0.25, -0.2) is 14.1 Å². The Morgan fingerprint density at radius 2 is 1.86 bits per heavy atom. The van der Waals surface area contributed by atoms with Gasteiger partial charge in [0.2, 0.25) is 0 Å². The third-order valence-electron chi connectivity index (χ3n) is 6.83. The summed E-state index contributed by atoms with van der Waals surface area (Å²) in [5.74, 6) is 0.130. The molecule has 1 fully saturated rings. The first kappa shape index (κ1) is 23.9. The predicted octanol–water partition coefficient (Wildman–Crippen LogP) is 4.19. The number of nitrogens with zero attached hydrogens (tertiary/aromatic N) is 4. The number of pyridine rings is 1. The molecule has 9 heteroatoms. The summed E-state index contributed by atoms with van der Waals surface area (Å²) in [5, 5.41) is 12.8. The number of nitrogens with one attached hydrogen (secondary N) is 1. The predicted molar refractivity (Wildman–Crippen MR) is 132 cm³/mol. The van der Waals surface area contributed by atoms with Gasteiger partial charge in [-0.1, -0.05) is 23.4 Å². The van der Waals surface area contributed by atoms with Gasteiger partial charge in [0, 0.05) is 31.4 Å². The first-order valence-electron chi connectivity index (χ1n) is 11.9. The van der Waals surface area contributed by atoms with Crippen LogP contribution < -0.4 is 10.1 Å². The molecular weight excluding hydrogens is 461 g/mol. The van der Waals surface area contributed by atoms with Gasteiger partial charge in [-0.2, -0.15) is 0 Å². The summed E-state index contributed by atoms with van der Waals surface area (Å²) in [6, 6.07) is 15.5. The quantitative estimate of drug-likeness (QED) is 0.437. The summed E-state index contributed by atoms with van der Waals surface area (Å²) in [7, 11) is 1.61. The normalized spacial score (nSPS) is 15.6. The lowest BCUT2D eigenvalue weighted by Gasteiger charge is -2.37. The van der Waals surface area contributed by atoms with Crippen LogP contribution in [0, 0.1) is 5.82 Å². The van der Waals surface area contributed by atoms with Crippen LogP contribution in [-0.4, -0.2) is 46.2 Å². The van der Waals surface area contributed by atoms with Crippen molar-refractivity contribution in [1.82, 2.24) is 25.3 Å². The van der Waals surface area contributed by atoms with E-state index in [0.717, 1.165) is 16.7 Å². The van der Waals surface area contributed by atoms with Gasteiger partial charge < -0.3 is 14.8 Å². The first-order chi connectivity index (χ1) is 17.3. The number of benzene rings is 2. The van der Waals surface area contributed by atoms with Crippen LogP contribution in [0.5, 0.6) is 5.75 Å². The first-order valence-corrected chi connectivity index (χ1v) is 11.9. The van der Waals surface area contributed by atoms with Crippen molar-refractivity contribution in [2.45, 2.75) is 37.8 Å². The maximum Gasteiger partial charge on any atom is 0.270 e. The van der Waals surface area contributed by atoms with E-state index in [-0.39, 0.29) is 11.7 Å². The van der Waals surface area contributed by atoms with Crippen LogP contribution in [0.2, 0.25) is 0 Å². The van der Waals surface area contributed by atoms with Crippen molar-refractivity contribution in [2.75, 3.05) is 20.3 Å². The zero-order chi connectivity index (χ0) is 25.3. The average Bonchev–Trinajstić information content (AvgIpc) is 3.41. The number of methoxy groups -OCH3 is 1. The maximum atomic E-state index is 13.6. The molecule has 1 aliphatic rings. The fourth-order valence-corrected chi connectivity index (χ4v) is 4.65. The number of ether oxygens (including phenoxy) is 2. The number of halogens is 1. The van der Waals surface area contributed by atoms with Crippen molar-refractivity contribution in [3.63, 3.8) is 0 Å². The van der Waals surface area contributed by atoms with Crippen LogP contribution >= 0.6 is 0 Å². The lowest BCUT2D eigenvalue weighted by Crippen LogP contribution is -2.42. The topological polar surface area (TPSA) is 91.2 Å². The van der Waals surface area contributed by atoms with Crippen molar-refractivity contribution < 1.29 is 18.7 Å². The minimum absolute atomic E-state index is 0.287. The van der Waals surface area contributed by atoms with Crippen LogP contribution in [0.1, 0.15) is 48.4 Å². The number of fused-ring (bicyclic) bond motifs is 1. The Bertz CT molecular complexity index is 1390. The van der Waals surface area contributed by atoms with Gasteiger partial charge in [-0.05, 0) is 55.8 Å². The second-order valence-corrected chi connectivity index (χ2v) is 9.53. The molecule has 1 saturated heterocycles. The van der Waals surface area contributed by atoms with E-state index in [1.54, 1.807) is 25.3 Å². The van der Waals surface area contributed by atoms with Crippen LogP contribution in [0.3, 0.4) is 0 Å². The smallest absolute Gasteiger partial charge is 0.270 e. The molecule has 1 amide bonds. The van der Waals surface area contributed by atoms with Gasteiger partial charge in [0.15, 0.2) is 0 Å². The molecule has 36 heavy (non-hydrogen) atoms. The molecule has 186 valence electrons. The summed E-state index contributed by atoms with van der Waals surface area (Å²) in [4.78, 5) is 17.6. The summed E-state index contributed by atoms with van der Waals surface area (Å²) >= 11 is 0. The van der Waals surface area contributed by atoms with Crippen molar-refractivity contribution in [2.24, 2.45) is 0 Å². The Labute approximate surface area is 208 Å². The summed E-state index contributed by atoms with van der Waals surface area (Å²) in [6.45, 7) is 4.87. The molecule has 3 heterocycles. The van der Waals surface area contributed by atoms with E-state index < -0.39 is 11.1 Å². The Hall–Kier alpha value is -3.85. The van der Waals surface area contributed by atoms with Crippen molar-refractivity contribution in [3.05, 3.63) is 83.6 Å². The largest absolute Gasteiger partial charge is 0.497 e. The molecule has 0 saturated carbocycles. The standard InChI is InChI=1S/C27H28FN5O3/c1-26(2,30-25(34)23-10-4-18-16-21(35-3)9-11-22(18)29-23)24-17-33(32-31-24)27(12-14-36-15-13-27)19-5-7-20(28)8-6-19/h4-11,16-17H,12-15H2,1-3H3,(H,30,34). The molecule has 1 N–H and O–H groups in total. The highest BCUT2D eigenvalue weighted by atomic mass is 19.1. The van der Waals surface area contributed by atoms with Gasteiger partial charge in [-0.3, -0.25) is 4.79 Å². The number of carbonyl (C=O) groups is 1. The zero-order valence-corrected chi connectivity index (χ0v) is 20.5. The average molecular weight is 490 g/mol. The fraction of sp³-hybridized carbons (Fsp3) is 0.333. The molecule has 5 rings (SSSR count). The monoisotopic (exact) mass is 489 g/mol. The molecule has 0 unspecified atom stereocenters. The summed E-state index contributed by atoms with van der Waals surface area (Å²) < 4.78 is 26.3. The zero-order valence-electron chi connectivity index (χ0n) is 20.5. The lowest BCUT2D eigenvalue weighted by atomic mass is 9.82. The second kappa shape index (κ2) is 9.31. The number of amides is 1. The van der Waals surface area contributed by atoms with Gasteiger partial charge >= 0.3 is 0 Å². The van der Waals surface area contributed by atoms with Crippen molar-refractivity contribution in [1.29, 1.82) is 0 Å². The van der Waals surface area contributed by atoms with Crippen LogP contribution in [0.4, 0.5) is 4.39 Å². The minimum atomic E-state index is -0.818. The molecule has 0 atom stereocenters. The Kier molecular flexibility index (Phi) is 6.17. The molecule has 0 radical (unpaired) electrons. The van der Waals surface area contributed by atoms with Gasteiger partial charge in [0.25, 0.3) is 5.91 Å². The third kappa shape index (κ3) is 4.42. The van der Waals surface area contributed by atoms with Crippen molar-refractivity contribution in [3.8, 4) is 5.75 Å². The molecule has 0 aliphatic carbocycles. The van der Waals surface area contributed by atoms with Crippen molar-refractivity contribution >= 4 is 16.8 Å². The van der Waals surface area contributed by atoms with Crippen LogP contribution in [-0.2, 0) is 15.8 Å². The Morgan fingerprint density at radius 1 is 1.11 bits per heavy atom. The highest BCUT2D eigenvalue weighted by molar-refractivity contribution is 5.95. The third-order valence-corrected chi connectivity index (χ3v) is 6.83. The SMILES string of the molecule is COc1ccc2nc(C(=O)NC(C)(C)c3cn(C4(c5ccc(F)cc5)CCOCC4)nn3)ccc2c1. The molecule has 2 aromatic heterocycles. The molecular formula is C27H28FN5O3. The van der Waals surface area contributed by atoms with E-state index in [4.69, 9.17) is 9.47 Å². The molecule has 2 aromatic carbocycles. The van der Waals surface area contributed by atoms with Gasteiger partial charge in [0.1, 0.15) is 23.0 Å². The summed E-state index contributed by atoms with van der Waals surface area (Å²) in [6.07, 6.45) is 3.22. The van der Waals surface area contributed by atoms with Crippen LogP contribution in [0.15, 0.2) is 60.8 Å². The number of hydrogen-bond donors (Lipinski definition) is 1. The van der Waals surface area contributed by atoms with E-state index in [2.05, 4.69) is 20.6 Å². The van der Waals surface area contributed by atoms with Crippen LogP contribution in [0.25, 0.3) is 10.9 Å². The minimum Gasteiger partial charge on any atom is -0.497 e. The van der Waals surface area contributed by atoms with E-state index in [9.17, 15) is 9.18 Å². The molecule has 8 nitrogen and oxygen atoms in total. The highest BCUT2D eigenvalue weighted by Crippen LogP contribution is 2.36. The van der Waals surface area contributed by atoms with E-state index in [0.29, 0.717) is 43.0 Å². The van der Waals surface area contributed by atoms with E-state index in [1.807, 2.05) is 49.0 Å².